The number of benzene rings is 1. The van der Waals surface area contributed by atoms with Crippen LogP contribution in [0.25, 0.3) is 0 Å². The topological polar surface area (TPSA) is 101 Å². The predicted octanol–water partition coefficient (Wildman–Crippen LogP) is 3.89. The largest absolute Gasteiger partial charge is 0.296 e. The highest BCUT2D eigenvalue weighted by molar-refractivity contribution is 8.00. The fourth-order valence-corrected chi connectivity index (χ4v) is 6.36. The van der Waals surface area contributed by atoms with Gasteiger partial charge in [0.1, 0.15) is 0 Å². The molecule has 1 aliphatic rings. The first kappa shape index (κ1) is 20.5. The van der Waals surface area contributed by atoms with Crippen molar-refractivity contribution in [1.29, 1.82) is 0 Å². The van der Waals surface area contributed by atoms with Crippen LogP contribution in [-0.2, 0) is 15.8 Å². The van der Waals surface area contributed by atoms with Crippen molar-refractivity contribution in [2.75, 3.05) is 5.32 Å². The van der Waals surface area contributed by atoms with Crippen LogP contribution in [0.15, 0.2) is 44.9 Å². The molecular formula is C18H18N4O3S4. The summed E-state index contributed by atoms with van der Waals surface area (Å²) in [7, 11) is -3.63. The fourth-order valence-electron chi connectivity index (χ4n) is 2.51. The number of carbonyl (C=O) groups is 1. The van der Waals surface area contributed by atoms with E-state index in [0.29, 0.717) is 16.3 Å². The number of hydrogen-bond acceptors (Lipinski definition) is 8. The quantitative estimate of drug-likeness (QED) is 0.386. The van der Waals surface area contributed by atoms with Gasteiger partial charge in [0.25, 0.3) is 5.91 Å². The van der Waals surface area contributed by atoms with Gasteiger partial charge in [-0.2, -0.15) is 0 Å². The highest BCUT2D eigenvalue weighted by Gasteiger charge is 2.28. The number of aryl methyl sites for hydroxylation is 1. The molecule has 2 N–H and O–H groups in total. The molecule has 0 bridgehead atoms. The maximum Gasteiger partial charge on any atom is 0.257 e. The summed E-state index contributed by atoms with van der Waals surface area (Å²) >= 11 is 4.53. The first-order valence-electron chi connectivity index (χ1n) is 8.84. The van der Waals surface area contributed by atoms with Crippen LogP contribution in [0.4, 0.5) is 5.13 Å². The molecule has 0 spiro atoms. The van der Waals surface area contributed by atoms with Gasteiger partial charge in [0, 0.05) is 22.2 Å². The first-order chi connectivity index (χ1) is 13.9. The molecule has 1 amide bonds. The zero-order chi connectivity index (χ0) is 20.4. The molecule has 1 fully saturated rings. The van der Waals surface area contributed by atoms with Crippen molar-refractivity contribution in [3.8, 4) is 0 Å². The molecule has 29 heavy (non-hydrogen) atoms. The minimum atomic E-state index is -3.63. The summed E-state index contributed by atoms with van der Waals surface area (Å²) in [5.74, 6) is 0.393. The lowest BCUT2D eigenvalue weighted by Gasteiger charge is -2.09. The van der Waals surface area contributed by atoms with E-state index in [1.807, 2.05) is 11.4 Å². The molecule has 4 rings (SSSR count). The van der Waals surface area contributed by atoms with E-state index in [9.17, 15) is 13.2 Å². The summed E-state index contributed by atoms with van der Waals surface area (Å²) in [4.78, 5) is 14.0. The predicted molar refractivity (Wildman–Crippen MR) is 116 cm³/mol. The lowest BCUT2D eigenvalue weighted by molar-refractivity contribution is 0.102. The van der Waals surface area contributed by atoms with Gasteiger partial charge in [0.2, 0.25) is 15.2 Å². The number of nitrogens with zero attached hydrogens (tertiary/aromatic N) is 2. The van der Waals surface area contributed by atoms with Gasteiger partial charge >= 0.3 is 0 Å². The Hall–Kier alpha value is -1.79. The van der Waals surface area contributed by atoms with Crippen LogP contribution in [0.1, 0.15) is 33.6 Å². The smallest absolute Gasteiger partial charge is 0.257 e. The van der Waals surface area contributed by atoms with Crippen molar-refractivity contribution in [2.45, 2.75) is 40.8 Å². The van der Waals surface area contributed by atoms with Crippen molar-refractivity contribution < 1.29 is 13.2 Å². The van der Waals surface area contributed by atoms with E-state index in [1.165, 1.54) is 28.3 Å². The molecule has 152 valence electrons. The maximum atomic E-state index is 12.7. The Morgan fingerprint density at radius 1 is 1.28 bits per heavy atom. The second kappa shape index (κ2) is 8.52. The normalized spacial score (nSPS) is 14.1. The Morgan fingerprint density at radius 3 is 2.83 bits per heavy atom. The Bertz CT molecular complexity index is 1120. The number of amides is 1. The summed E-state index contributed by atoms with van der Waals surface area (Å²) in [6, 6.07) is 8.62. The Morgan fingerprint density at radius 2 is 2.10 bits per heavy atom. The number of anilines is 1. The van der Waals surface area contributed by atoms with E-state index < -0.39 is 15.9 Å². The van der Waals surface area contributed by atoms with Gasteiger partial charge in [-0.3, -0.25) is 10.1 Å². The van der Waals surface area contributed by atoms with Crippen LogP contribution in [0, 0.1) is 6.92 Å². The third kappa shape index (κ3) is 5.23. The van der Waals surface area contributed by atoms with E-state index in [0.717, 1.165) is 22.9 Å². The zero-order valence-corrected chi connectivity index (χ0v) is 18.7. The average molecular weight is 467 g/mol. The first-order valence-corrected chi connectivity index (χ1v) is 13.0. The van der Waals surface area contributed by atoms with Gasteiger partial charge < -0.3 is 0 Å². The second-order valence-corrected chi connectivity index (χ2v) is 11.5. The Kier molecular flexibility index (Phi) is 6.02. The minimum Gasteiger partial charge on any atom is -0.296 e. The van der Waals surface area contributed by atoms with Crippen LogP contribution in [0.2, 0.25) is 0 Å². The van der Waals surface area contributed by atoms with Gasteiger partial charge in [-0.05, 0) is 48.9 Å². The van der Waals surface area contributed by atoms with Gasteiger partial charge in [-0.25, -0.2) is 13.1 Å². The molecule has 0 atom stereocenters. The maximum absolute atomic E-state index is 12.7. The summed E-state index contributed by atoms with van der Waals surface area (Å²) in [5.41, 5.74) is 0.983. The number of aromatic nitrogens is 2. The number of hydrogen-bond donors (Lipinski definition) is 2. The van der Waals surface area contributed by atoms with Crippen LogP contribution in [0.3, 0.4) is 0 Å². The number of thioether (sulfide) groups is 1. The SMILES string of the molecule is Cc1ccc(S(=O)(=O)NC2CC2)cc1C(=O)Nc1nnc(SCc2cccs2)s1. The molecular weight excluding hydrogens is 448 g/mol. The monoisotopic (exact) mass is 466 g/mol. The Labute approximate surface area is 181 Å². The fraction of sp³-hybridized carbons (Fsp3) is 0.278. The van der Waals surface area contributed by atoms with Crippen molar-refractivity contribution in [3.63, 3.8) is 0 Å². The summed E-state index contributed by atoms with van der Waals surface area (Å²) < 4.78 is 28.3. The second-order valence-electron chi connectivity index (χ2n) is 6.57. The minimum absolute atomic E-state index is 0.00470. The highest BCUT2D eigenvalue weighted by Crippen LogP contribution is 2.30. The molecule has 0 aliphatic heterocycles. The van der Waals surface area contributed by atoms with Gasteiger partial charge in [-0.1, -0.05) is 35.2 Å². The molecule has 2 heterocycles. The lowest BCUT2D eigenvalue weighted by Crippen LogP contribution is -2.26. The van der Waals surface area contributed by atoms with Gasteiger partial charge in [0.05, 0.1) is 4.90 Å². The average Bonchev–Trinajstić information content (AvgIpc) is 3.15. The van der Waals surface area contributed by atoms with E-state index in [-0.39, 0.29) is 10.9 Å². The molecule has 7 nitrogen and oxygen atoms in total. The van der Waals surface area contributed by atoms with E-state index in [1.54, 1.807) is 36.1 Å². The molecule has 11 heteroatoms. The number of nitrogens with one attached hydrogen (secondary N) is 2. The third-order valence-corrected chi connectivity index (χ3v) is 8.81. The molecule has 0 unspecified atom stereocenters. The number of carbonyl (C=O) groups excluding carboxylic acids is 1. The number of thiophene rings is 1. The summed E-state index contributed by atoms with van der Waals surface area (Å²) in [5, 5.41) is 13.2. The lowest BCUT2D eigenvalue weighted by atomic mass is 10.1. The van der Waals surface area contributed by atoms with Crippen LogP contribution >= 0.6 is 34.4 Å². The highest BCUT2D eigenvalue weighted by atomic mass is 32.2. The van der Waals surface area contributed by atoms with Crippen molar-refractivity contribution in [3.05, 3.63) is 51.7 Å². The van der Waals surface area contributed by atoms with Crippen LogP contribution in [0.5, 0.6) is 0 Å². The Balaban J connectivity index is 1.44. The van der Waals surface area contributed by atoms with E-state index in [2.05, 4.69) is 26.3 Å². The number of rotatable bonds is 8. The van der Waals surface area contributed by atoms with Crippen molar-refractivity contribution >= 4 is 55.5 Å². The molecule has 1 aromatic carbocycles. The van der Waals surface area contributed by atoms with Crippen molar-refractivity contribution in [1.82, 2.24) is 14.9 Å². The molecule has 1 saturated carbocycles. The third-order valence-electron chi connectivity index (χ3n) is 4.21. The standard InChI is InChI=1S/C18H18N4O3S4/c1-11-4-7-14(29(24,25)22-12-5-6-12)9-15(11)16(23)19-17-20-21-18(28-17)27-10-13-3-2-8-26-13/h2-4,7-9,12,22H,5-6,10H2,1H3,(H,19,20,23). The molecule has 3 aromatic rings. The summed E-state index contributed by atoms with van der Waals surface area (Å²) in [6.45, 7) is 1.77. The van der Waals surface area contributed by atoms with Gasteiger partial charge in [0.15, 0.2) is 4.34 Å². The van der Waals surface area contributed by atoms with Crippen molar-refractivity contribution in [2.24, 2.45) is 0 Å². The van der Waals surface area contributed by atoms with Gasteiger partial charge in [-0.15, -0.1) is 21.5 Å². The molecule has 2 aromatic heterocycles. The zero-order valence-electron chi connectivity index (χ0n) is 15.4. The molecule has 0 radical (unpaired) electrons. The summed E-state index contributed by atoms with van der Waals surface area (Å²) in [6.07, 6.45) is 1.70. The number of sulfonamides is 1. The van der Waals surface area contributed by atoms with Crippen LogP contribution < -0.4 is 10.0 Å². The molecule has 0 saturated heterocycles. The van der Waals surface area contributed by atoms with E-state index >= 15 is 0 Å². The van der Waals surface area contributed by atoms with E-state index in [4.69, 9.17) is 0 Å². The molecule has 1 aliphatic carbocycles. The van der Waals surface area contributed by atoms with Crippen LogP contribution in [-0.4, -0.2) is 30.6 Å².